The average molecular weight is 339 g/mol. The molecule has 0 aromatic heterocycles. The molecule has 1 unspecified atom stereocenters. The first-order chi connectivity index (χ1) is 9.88. The molecule has 0 fully saturated rings. The summed E-state index contributed by atoms with van der Waals surface area (Å²) in [6.45, 7) is 8.23. The maximum absolute atomic E-state index is 12.9. The number of alkyl halides is 1. The summed E-state index contributed by atoms with van der Waals surface area (Å²) in [5.41, 5.74) is 0.444. The van der Waals surface area contributed by atoms with E-state index in [1.807, 2.05) is 20.8 Å². The average Bonchev–Trinajstić information content (AvgIpc) is 2.37. The van der Waals surface area contributed by atoms with E-state index in [0.717, 1.165) is 6.42 Å². The van der Waals surface area contributed by atoms with Gasteiger partial charge in [0.2, 0.25) is 7.37 Å². The van der Waals surface area contributed by atoms with Crippen molar-refractivity contribution in [3.63, 3.8) is 0 Å². The van der Waals surface area contributed by atoms with Crippen LogP contribution in [0.3, 0.4) is 0 Å². The first kappa shape index (κ1) is 20.7. The van der Waals surface area contributed by atoms with Gasteiger partial charge in [0, 0.05) is 17.6 Å². The highest BCUT2D eigenvalue weighted by atomic mass is 35.5. The Hall–Kier alpha value is -0.310. The van der Waals surface area contributed by atoms with Crippen molar-refractivity contribution in [3.8, 4) is 0 Å². The standard InChI is InChI=1S/C15H28ClO4P/c1-5-19-15(17)14(9-7-8-10-16)12-21(18,20-6-2)11-13(3)4/h9,13H,5-8,10-12H2,1-4H3/b14-9+. The molecule has 0 aliphatic heterocycles. The Balaban J connectivity index is 5.07. The SMILES string of the molecule is CCOC(=O)/C(=C/CCCCl)CP(=O)(CC(C)C)OCC. The summed E-state index contributed by atoms with van der Waals surface area (Å²) in [4.78, 5) is 12.0. The zero-order chi connectivity index (χ0) is 16.3. The van der Waals surface area contributed by atoms with E-state index >= 15 is 0 Å². The molecular weight excluding hydrogens is 311 g/mol. The molecule has 0 heterocycles. The van der Waals surface area contributed by atoms with E-state index in [1.54, 1.807) is 13.0 Å². The number of unbranched alkanes of at least 4 members (excludes halogenated alkanes) is 1. The van der Waals surface area contributed by atoms with Crippen LogP contribution in [0.15, 0.2) is 11.6 Å². The van der Waals surface area contributed by atoms with Crippen LogP contribution >= 0.6 is 19.0 Å². The molecule has 0 radical (unpaired) electrons. The third-order valence-electron chi connectivity index (χ3n) is 2.69. The molecule has 6 heteroatoms. The van der Waals surface area contributed by atoms with Gasteiger partial charge in [0.15, 0.2) is 0 Å². The lowest BCUT2D eigenvalue weighted by atomic mass is 10.2. The monoisotopic (exact) mass is 338 g/mol. The lowest BCUT2D eigenvalue weighted by Crippen LogP contribution is -2.14. The number of esters is 1. The second-order valence-corrected chi connectivity index (χ2v) is 8.19. The predicted octanol–water partition coefficient (Wildman–Crippen LogP) is 4.47. The van der Waals surface area contributed by atoms with Crippen LogP contribution in [0.4, 0.5) is 0 Å². The van der Waals surface area contributed by atoms with E-state index in [1.165, 1.54) is 0 Å². The molecular formula is C15H28ClO4P. The Kier molecular flexibility index (Phi) is 11.1. The quantitative estimate of drug-likeness (QED) is 0.183. The zero-order valence-corrected chi connectivity index (χ0v) is 15.2. The number of carbonyl (C=O) groups excluding carboxylic acids is 1. The fourth-order valence-corrected chi connectivity index (χ4v) is 4.84. The van der Waals surface area contributed by atoms with Crippen molar-refractivity contribution in [2.75, 3.05) is 31.4 Å². The highest BCUT2D eigenvalue weighted by Gasteiger charge is 2.28. The van der Waals surface area contributed by atoms with Crippen molar-refractivity contribution in [2.45, 2.75) is 40.5 Å². The summed E-state index contributed by atoms with van der Waals surface area (Å²) in [5, 5.41) is 0. The van der Waals surface area contributed by atoms with Crippen LogP contribution in [-0.2, 0) is 18.6 Å². The smallest absolute Gasteiger partial charge is 0.334 e. The molecule has 0 saturated carbocycles. The van der Waals surface area contributed by atoms with Crippen molar-refractivity contribution in [3.05, 3.63) is 11.6 Å². The van der Waals surface area contributed by atoms with Gasteiger partial charge >= 0.3 is 5.97 Å². The Morgan fingerprint density at radius 1 is 1.29 bits per heavy atom. The Morgan fingerprint density at radius 2 is 1.95 bits per heavy atom. The van der Waals surface area contributed by atoms with Crippen LogP contribution in [0.1, 0.15) is 40.5 Å². The maximum atomic E-state index is 12.9. The minimum atomic E-state index is -2.86. The van der Waals surface area contributed by atoms with Crippen LogP contribution in [0.2, 0.25) is 0 Å². The molecule has 0 amide bonds. The van der Waals surface area contributed by atoms with E-state index in [9.17, 15) is 9.36 Å². The van der Waals surface area contributed by atoms with Gasteiger partial charge in [0.1, 0.15) is 0 Å². The summed E-state index contributed by atoms with van der Waals surface area (Å²) in [6, 6.07) is 0. The molecule has 0 aromatic carbocycles. The molecule has 0 bridgehead atoms. The Morgan fingerprint density at radius 3 is 2.43 bits per heavy atom. The number of allylic oxidation sites excluding steroid dienone is 1. The minimum Gasteiger partial charge on any atom is -0.463 e. The molecule has 124 valence electrons. The van der Waals surface area contributed by atoms with E-state index in [2.05, 4.69) is 0 Å². The maximum Gasteiger partial charge on any atom is 0.334 e. The third-order valence-corrected chi connectivity index (χ3v) is 5.79. The first-order valence-electron chi connectivity index (χ1n) is 7.53. The van der Waals surface area contributed by atoms with Gasteiger partial charge in [-0.2, -0.15) is 0 Å². The number of carbonyl (C=O) groups is 1. The first-order valence-corrected chi connectivity index (χ1v) is 10.1. The van der Waals surface area contributed by atoms with E-state index in [-0.39, 0.29) is 12.1 Å². The van der Waals surface area contributed by atoms with Crippen LogP contribution in [0.25, 0.3) is 0 Å². The summed E-state index contributed by atoms with van der Waals surface area (Å²) in [6.07, 6.45) is 3.83. The lowest BCUT2D eigenvalue weighted by molar-refractivity contribution is -0.138. The Labute approximate surface area is 133 Å². The highest BCUT2D eigenvalue weighted by molar-refractivity contribution is 7.59. The second-order valence-electron chi connectivity index (χ2n) is 5.25. The molecule has 0 spiro atoms. The van der Waals surface area contributed by atoms with Gasteiger partial charge in [-0.05, 0) is 32.6 Å². The fourth-order valence-electron chi connectivity index (χ4n) is 2.00. The number of hydrogen-bond acceptors (Lipinski definition) is 4. The van der Waals surface area contributed by atoms with Gasteiger partial charge in [-0.3, -0.25) is 4.57 Å². The highest BCUT2D eigenvalue weighted by Crippen LogP contribution is 2.50. The predicted molar refractivity (Wildman–Crippen MR) is 88.5 cm³/mol. The van der Waals surface area contributed by atoms with Gasteiger partial charge in [-0.25, -0.2) is 4.79 Å². The van der Waals surface area contributed by atoms with Crippen molar-refractivity contribution in [2.24, 2.45) is 5.92 Å². The second kappa shape index (κ2) is 11.3. The van der Waals surface area contributed by atoms with Gasteiger partial charge < -0.3 is 9.26 Å². The van der Waals surface area contributed by atoms with Gasteiger partial charge in [0.05, 0.1) is 19.4 Å². The summed E-state index contributed by atoms with van der Waals surface area (Å²) in [5.74, 6) is 0.367. The van der Waals surface area contributed by atoms with Crippen LogP contribution in [0.5, 0.6) is 0 Å². The summed E-state index contributed by atoms with van der Waals surface area (Å²) in [7, 11) is -2.86. The number of halogens is 1. The molecule has 0 N–H and O–H groups in total. The lowest BCUT2D eigenvalue weighted by Gasteiger charge is -2.20. The largest absolute Gasteiger partial charge is 0.463 e. The summed E-state index contributed by atoms with van der Waals surface area (Å²) < 4.78 is 23.4. The molecule has 0 saturated heterocycles. The zero-order valence-electron chi connectivity index (χ0n) is 13.6. The minimum absolute atomic E-state index is 0.139. The van der Waals surface area contributed by atoms with E-state index < -0.39 is 13.3 Å². The fraction of sp³-hybridized carbons (Fsp3) is 0.800. The molecule has 21 heavy (non-hydrogen) atoms. The van der Waals surface area contributed by atoms with Crippen LogP contribution < -0.4 is 0 Å². The van der Waals surface area contributed by atoms with Crippen molar-refractivity contribution in [1.82, 2.24) is 0 Å². The molecule has 4 nitrogen and oxygen atoms in total. The van der Waals surface area contributed by atoms with E-state index in [0.29, 0.717) is 37.2 Å². The molecule has 0 aromatic rings. The number of ether oxygens (including phenoxy) is 1. The van der Waals surface area contributed by atoms with Crippen molar-refractivity contribution < 1.29 is 18.6 Å². The van der Waals surface area contributed by atoms with Crippen molar-refractivity contribution in [1.29, 1.82) is 0 Å². The topological polar surface area (TPSA) is 52.6 Å². The number of hydrogen-bond donors (Lipinski definition) is 0. The Bertz CT molecular complexity index is 380. The number of rotatable bonds is 11. The van der Waals surface area contributed by atoms with E-state index in [4.69, 9.17) is 20.9 Å². The normalized spacial score (nSPS) is 15.0. The van der Waals surface area contributed by atoms with Gasteiger partial charge in [-0.15, -0.1) is 11.6 Å². The van der Waals surface area contributed by atoms with Gasteiger partial charge in [-0.1, -0.05) is 19.9 Å². The molecule has 0 aliphatic carbocycles. The third kappa shape index (κ3) is 9.34. The molecule has 0 aliphatic rings. The molecule has 1 atom stereocenters. The van der Waals surface area contributed by atoms with Crippen LogP contribution in [0, 0.1) is 5.92 Å². The van der Waals surface area contributed by atoms with Crippen LogP contribution in [-0.4, -0.2) is 37.4 Å². The molecule has 0 rings (SSSR count). The van der Waals surface area contributed by atoms with Crippen molar-refractivity contribution >= 4 is 24.9 Å². The summed E-state index contributed by atoms with van der Waals surface area (Å²) >= 11 is 5.65. The van der Waals surface area contributed by atoms with Gasteiger partial charge in [0.25, 0.3) is 0 Å².